The number of aliphatic hydroxyl groups is 1. The fourth-order valence-corrected chi connectivity index (χ4v) is 4.17. The summed E-state index contributed by atoms with van der Waals surface area (Å²) in [6.07, 6.45) is 3.28. The molecule has 0 bridgehead atoms. The van der Waals surface area contributed by atoms with E-state index >= 15 is 0 Å². The van der Waals surface area contributed by atoms with E-state index in [1.807, 2.05) is 13.8 Å². The molecule has 0 atom stereocenters. The third kappa shape index (κ3) is 5.45. The number of ether oxygens (including phenoxy) is 1. The molecule has 0 unspecified atom stereocenters. The SMILES string of the molecule is Cc1cnc(-c2nc(C(C)(C)O)ncc2C)cc1-n1c(C)cc(OCc2ccc(F)cc2F)c(Br)c1=O. The third-order valence-corrected chi connectivity index (χ3v) is 6.51. The van der Waals surface area contributed by atoms with Crippen LogP contribution in [0.25, 0.3) is 17.1 Å². The van der Waals surface area contributed by atoms with Gasteiger partial charge in [0.15, 0.2) is 5.82 Å². The van der Waals surface area contributed by atoms with Crippen molar-refractivity contribution in [1.29, 1.82) is 0 Å². The number of aromatic nitrogens is 4. The molecular weight excluding hydrogens is 546 g/mol. The smallest absolute Gasteiger partial charge is 0.273 e. The van der Waals surface area contributed by atoms with Crippen molar-refractivity contribution in [3.8, 4) is 22.8 Å². The predicted octanol–water partition coefficient (Wildman–Crippen LogP) is 5.46. The summed E-state index contributed by atoms with van der Waals surface area (Å²) in [7, 11) is 0. The van der Waals surface area contributed by atoms with Gasteiger partial charge in [-0.05, 0) is 79.9 Å². The van der Waals surface area contributed by atoms with E-state index in [0.717, 1.165) is 23.3 Å². The highest BCUT2D eigenvalue weighted by atomic mass is 79.9. The standard InChI is InChI=1S/C27H25BrF2N4O3/c1-14-11-31-20(24-15(2)12-32-26(33-24)27(4,5)36)10-21(14)34-16(3)8-22(23(28)25(34)35)37-13-17-6-7-18(29)9-19(17)30/h6-12,36H,13H2,1-5H3. The summed E-state index contributed by atoms with van der Waals surface area (Å²) in [5.41, 5.74) is 2.27. The van der Waals surface area contributed by atoms with E-state index in [9.17, 15) is 18.7 Å². The van der Waals surface area contributed by atoms with Crippen LogP contribution in [0.5, 0.6) is 5.75 Å². The Kier molecular flexibility index (Phi) is 7.25. The lowest BCUT2D eigenvalue weighted by atomic mass is 10.1. The van der Waals surface area contributed by atoms with Gasteiger partial charge in [-0.3, -0.25) is 14.3 Å². The van der Waals surface area contributed by atoms with Gasteiger partial charge in [-0.1, -0.05) is 0 Å². The van der Waals surface area contributed by atoms with E-state index in [-0.39, 0.29) is 33.8 Å². The molecule has 0 saturated heterocycles. The molecule has 1 N–H and O–H groups in total. The molecule has 4 aromatic rings. The maximum Gasteiger partial charge on any atom is 0.273 e. The second-order valence-electron chi connectivity index (χ2n) is 9.27. The first-order valence-electron chi connectivity index (χ1n) is 11.4. The summed E-state index contributed by atoms with van der Waals surface area (Å²) >= 11 is 3.32. The fourth-order valence-electron chi connectivity index (χ4n) is 3.76. The van der Waals surface area contributed by atoms with Crippen LogP contribution in [0.3, 0.4) is 0 Å². The monoisotopic (exact) mass is 570 g/mol. The van der Waals surface area contributed by atoms with E-state index < -0.39 is 17.2 Å². The first-order valence-corrected chi connectivity index (χ1v) is 12.2. The predicted molar refractivity (Wildman–Crippen MR) is 139 cm³/mol. The van der Waals surface area contributed by atoms with E-state index in [4.69, 9.17) is 4.74 Å². The van der Waals surface area contributed by atoms with Crippen molar-refractivity contribution in [2.75, 3.05) is 0 Å². The van der Waals surface area contributed by atoms with Gasteiger partial charge in [0.25, 0.3) is 5.56 Å². The molecule has 0 spiro atoms. The average Bonchev–Trinajstić information content (AvgIpc) is 2.82. The van der Waals surface area contributed by atoms with Gasteiger partial charge in [0, 0.05) is 35.8 Å². The van der Waals surface area contributed by atoms with Gasteiger partial charge in [-0.25, -0.2) is 18.7 Å². The zero-order valence-electron chi connectivity index (χ0n) is 20.9. The number of nitrogens with zero attached hydrogens (tertiary/aromatic N) is 4. The molecule has 4 rings (SSSR count). The summed E-state index contributed by atoms with van der Waals surface area (Å²) in [5, 5.41) is 10.4. The molecule has 0 amide bonds. The van der Waals surface area contributed by atoms with Gasteiger partial charge >= 0.3 is 0 Å². The molecular formula is C27H25BrF2N4O3. The van der Waals surface area contributed by atoms with Crippen molar-refractivity contribution in [1.82, 2.24) is 19.5 Å². The number of benzene rings is 1. The van der Waals surface area contributed by atoms with Crippen LogP contribution < -0.4 is 10.3 Å². The fraction of sp³-hybridized carbons (Fsp3) is 0.259. The van der Waals surface area contributed by atoms with Gasteiger partial charge in [-0.2, -0.15) is 0 Å². The quantitative estimate of drug-likeness (QED) is 0.331. The summed E-state index contributed by atoms with van der Waals surface area (Å²) in [5.74, 6) is -0.918. The minimum absolute atomic E-state index is 0.154. The number of pyridine rings is 2. The lowest BCUT2D eigenvalue weighted by Gasteiger charge is -2.18. The van der Waals surface area contributed by atoms with E-state index in [2.05, 4.69) is 30.9 Å². The highest BCUT2D eigenvalue weighted by Crippen LogP contribution is 2.29. The molecule has 0 radical (unpaired) electrons. The Morgan fingerprint density at radius 1 is 1.05 bits per heavy atom. The summed E-state index contributed by atoms with van der Waals surface area (Å²) < 4.78 is 34.6. The highest BCUT2D eigenvalue weighted by Gasteiger charge is 2.22. The maximum absolute atomic E-state index is 14.0. The van der Waals surface area contributed by atoms with Crippen LogP contribution in [0.15, 0.2) is 52.0 Å². The number of hydrogen-bond acceptors (Lipinski definition) is 6. The van der Waals surface area contributed by atoms with E-state index in [1.165, 1.54) is 10.6 Å². The first kappa shape index (κ1) is 26.6. The zero-order chi connectivity index (χ0) is 27.1. The largest absolute Gasteiger partial charge is 0.487 e. The van der Waals surface area contributed by atoms with E-state index in [1.54, 1.807) is 45.3 Å². The van der Waals surface area contributed by atoms with Gasteiger partial charge in [-0.15, -0.1) is 0 Å². The van der Waals surface area contributed by atoms with Gasteiger partial charge in [0.2, 0.25) is 0 Å². The van der Waals surface area contributed by atoms with Crippen molar-refractivity contribution in [2.45, 2.75) is 46.8 Å². The number of hydrogen-bond donors (Lipinski definition) is 1. The molecule has 37 heavy (non-hydrogen) atoms. The molecule has 3 heterocycles. The lowest BCUT2D eigenvalue weighted by molar-refractivity contribution is 0.0688. The zero-order valence-corrected chi connectivity index (χ0v) is 22.5. The van der Waals surface area contributed by atoms with E-state index in [0.29, 0.717) is 22.8 Å². The molecule has 7 nitrogen and oxygen atoms in total. The Labute approximate surface area is 221 Å². The topological polar surface area (TPSA) is 90.1 Å². The molecule has 3 aromatic heterocycles. The van der Waals surface area contributed by atoms with Crippen LogP contribution in [0, 0.1) is 32.4 Å². The highest BCUT2D eigenvalue weighted by molar-refractivity contribution is 9.10. The Morgan fingerprint density at radius 2 is 1.76 bits per heavy atom. The van der Waals surface area contributed by atoms with Crippen molar-refractivity contribution in [3.63, 3.8) is 0 Å². The Balaban J connectivity index is 1.75. The van der Waals surface area contributed by atoms with Crippen LogP contribution in [0.1, 0.15) is 42.1 Å². The molecule has 0 fully saturated rings. The molecule has 0 aliphatic carbocycles. The maximum atomic E-state index is 14.0. The summed E-state index contributed by atoms with van der Waals surface area (Å²) in [6, 6.07) is 6.65. The van der Waals surface area contributed by atoms with Gasteiger partial charge < -0.3 is 9.84 Å². The minimum atomic E-state index is -1.24. The van der Waals surface area contributed by atoms with Crippen LogP contribution >= 0.6 is 15.9 Å². The Morgan fingerprint density at radius 3 is 2.43 bits per heavy atom. The van der Waals surface area contributed by atoms with Crippen molar-refractivity contribution in [3.05, 3.63) is 97.4 Å². The van der Waals surface area contributed by atoms with Crippen LogP contribution in [0.2, 0.25) is 0 Å². The second kappa shape index (κ2) is 10.1. The van der Waals surface area contributed by atoms with Crippen molar-refractivity contribution in [2.24, 2.45) is 0 Å². The number of halogens is 3. The lowest BCUT2D eigenvalue weighted by Crippen LogP contribution is -2.23. The Hall–Kier alpha value is -3.50. The summed E-state index contributed by atoms with van der Waals surface area (Å²) in [6.45, 7) is 8.45. The summed E-state index contributed by atoms with van der Waals surface area (Å²) in [4.78, 5) is 26.7. The molecule has 1 aromatic carbocycles. The van der Waals surface area contributed by atoms with Crippen molar-refractivity contribution >= 4 is 15.9 Å². The Bertz CT molecular complexity index is 1570. The first-order chi connectivity index (χ1) is 17.4. The number of rotatable bonds is 6. The average molecular weight is 571 g/mol. The second-order valence-corrected chi connectivity index (χ2v) is 10.1. The molecule has 0 aliphatic heterocycles. The van der Waals surface area contributed by atoms with Crippen LogP contribution in [-0.2, 0) is 12.2 Å². The van der Waals surface area contributed by atoms with Gasteiger partial charge in [0.05, 0.1) is 17.1 Å². The normalized spacial score (nSPS) is 11.6. The molecule has 0 saturated carbocycles. The van der Waals surface area contributed by atoms with Crippen LogP contribution in [-0.4, -0.2) is 24.6 Å². The molecule has 0 aliphatic rings. The van der Waals surface area contributed by atoms with Crippen molar-refractivity contribution < 1.29 is 18.6 Å². The number of aryl methyl sites for hydroxylation is 3. The minimum Gasteiger partial charge on any atom is -0.487 e. The van der Waals surface area contributed by atoms with Gasteiger partial charge in [0.1, 0.15) is 34.1 Å². The molecule has 192 valence electrons. The molecule has 10 heteroatoms. The third-order valence-electron chi connectivity index (χ3n) is 5.78. The van der Waals surface area contributed by atoms with Crippen LogP contribution in [0.4, 0.5) is 8.78 Å².